The van der Waals surface area contributed by atoms with Crippen LogP contribution in [0.1, 0.15) is 36.6 Å². The fourth-order valence-electron chi connectivity index (χ4n) is 3.33. The molecule has 6 nitrogen and oxygen atoms in total. The van der Waals surface area contributed by atoms with Crippen molar-refractivity contribution in [1.29, 1.82) is 0 Å². The minimum absolute atomic E-state index is 0.0698. The van der Waals surface area contributed by atoms with Crippen molar-refractivity contribution in [2.24, 2.45) is 0 Å². The van der Waals surface area contributed by atoms with Crippen LogP contribution in [-0.2, 0) is 11.2 Å². The molecule has 7 heteroatoms. The molecule has 0 saturated carbocycles. The van der Waals surface area contributed by atoms with Crippen molar-refractivity contribution in [2.75, 3.05) is 18.5 Å². The quantitative estimate of drug-likeness (QED) is 0.611. The lowest BCUT2D eigenvalue weighted by atomic mass is 9.93. The molecule has 3 rings (SSSR count). The van der Waals surface area contributed by atoms with E-state index >= 15 is 0 Å². The average molecular weight is 388 g/mol. The minimum atomic E-state index is -0.954. The van der Waals surface area contributed by atoms with Crippen LogP contribution in [0.5, 0.6) is 11.5 Å². The zero-order valence-electron chi connectivity index (χ0n) is 16.2. The molecule has 0 aliphatic carbocycles. The maximum atomic E-state index is 13.5. The Labute approximate surface area is 163 Å². The van der Waals surface area contributed by atoms with E-state index in [0.717, 1.165) is 5.56 Å². The van der Waals surface area contributed by atoms with E-state index in [2.05, 4.69) is 10.6 Å². The first-order valence-electron chi connectivity index (χ1n) is 9.12. The molecule has 0 radical (unpaired) electrons. The lowest BCUT2D eigenvalue weighted by molar-refractivity contribution is -0.118. The molecule has 0 aromatic heterocycles. The van der Waals surface area contributed by atoms with Gasteiger partial charge in [0.1, 0.15) is 17.3 Å². The van der Waals surface area contributed by atoms with Crippen molar-refractivity contribution in [3.63, 3.8) is 0 Å². The van der Waals surface area contributed by atoms with E-state index in [4.69, 9.17) is 4.74 Å². The Morgan fingerprint density at radius 2 is 2.07 bits per heavy atom. The molecule has 28 heavy (non-hydrogen) atoms. The van der Waals surface area contributed by atoms with Gasteiger partial charge in [-0.3, -0.25) is 4.79 Å². The van der Waals surface area contributed by atoms with E-state index in [1.165, 1.54) is 18.2 Å². The van der Waals surface area contributed by atoms with Crippen LogP contribution in [0, 0.1) is 12.7 Å². The Hall–Kier alpha value is -2.64. The van der Waals surface area contributed by atoms with E-state index in [1.807, 2.05) is 19.9 Å². The lowest BCUT2D eigenvalue weighted by Gasteiger charge is -2.29. The molecule has 2 aromatic rings. The van der Waals surface area contributed by atoms with Gasteiger partial charge in [0.25, 0.3) is 5.91 Å². The highest BCUT2D eigenvalue weighted by Crippen LogP contribution is 2.38. The average Bonchev–Trinajstić information content (AvgIpc) is 2.61. The standard InChI is InChI=1S/C21H25FN2O4/c1-12-6-13(4-5-16(12)22)9-21(2,3)23-10-18(26)15-7-14(25)8-17-20(15)28-11-19(27)24-17/h4-8,18,23,25-26H,9-11H2,1-3H3,(H,24,27). The van der Waals surface area contributed by atoms with Gasteiger partial charge in [0.15, 0.2) is 6.61 Å². The zero-order chi connectivity index (χ0) is 20.5. The van der Waals surface area contributed by atoms with Gasteiger partial charge in [0.2, 0.25) is 0 Å². The topological polar surface area (TPSA) is 90.8 Å². The summed E-state index contributed by atoms with van der Waals surface area (Å²) in [5.41, 5.74) is 1.96. The molecule has 0 bridgehead atoms. The summed E-state index contributed by atoms with van der Waals surface area (Å²) in [6.07, 6.45) is -0.309. The van der Waals surface area contributed by atoms with Gasteiger partial charge in [-0.05, 0) is 50.5 Å². The number of rotatable bonds is 6. The Morgan fingerprint density at radius 1 is 1.32 bits per heavy atom. The van der Waals surface area contributed by atoms with Gasteiger partial charge in [0.05, 0.1) is 11.8 Å². The number of carbonyl (C=O) groups excluding carboxylic acids is 1. The number of aryl methyl sites for hydroxylation is 1. The summed E-state index contributed by atoms with van der Waals surface area (Å²) < 4.78 is 18.9. The van der Waals surface area contributed by atoms with Crippen molar-refractivity contribution in [2.45, 2.75) is 38.8 Å². The highest BCUT2D eigenvalue weighted by molar-refractivity contribution is 5.96. The van der Waals surface area contributed by atoms with Crippen LogP contribution in [0.25, 0.3) is 0 Å². The highest BCUT2D eigenvalue weighted by atomic mass is 19.1. The summed E-state index contributed by atoms with van der Waals surface area (Å²) in [6.45, 7) is 5.79. The van der Waals surface area contributed by atoms with Gasteiger partial charge in [-0.2, -0.15) is 0 Å². The van der Waals surface area contributed by atoms with Crippen LogP contribution in [0.3, 0.4) is 0 Å². The van der Waals surface area contributed by atoms with Crippen LogP contribution in [0.4, 0.5) is 10.1 Å². The molecule has 2 aromatic carbocycles. The maximum absolute atomic E-state index is 13.5. The van der Waals surface area contributed by atoms with Gasteiger partial charge in [-0.1, -0.05) is 12.1 Å². The van der Waals surface area contributed by atoms with Gasteiger partial charge in [0, 0.05) is 23.7 Å². The number of anilines is 1. The third-order valence-corrected chi connectivity index (χ3v) is 4.73. The number of aliphatic hydroxyl groups excluding tert-OH is 1. The van der Waals surface area contributed by atoms with Crippen LogP contribution >= 0.6 is 0 Å². The van der Waals surface area contributed by atoms with Crippen LogP contribution in [-0.4, -0.2) is 34.8 Å². The first kappa shape index (κ1) is 20.1. The van der Waals surface area contributed by atoms with Crippen molar-refractivity contribution in [3.8, 4) is 11.5 Å². The smallest absolute Gasteiger partial charge is 0.262 e. The van der Waals surface area contributed by atoms with E-state index in [1.54, 1.807) is 13.0 Å². The summed E-state index contributed by atoms with van der Waals surface area (Å²) in [7, 11) is 0. The Balaban J connectivity index is 1.70. The number of phenolic OH excluding ortho intramolecular Hbond substituents is 1. The molecule has 1 unspecified atom stereocenters. The molecule has 1 amide bonds. The predicted octanol–water partition coefficient (Wildman–Crippen LogP) is 2.81. The molecule has 1 aliphatic heterocycles. The maximum Gasteiger partial charge on any atom is 0.262 e. The number of amides is 1. The molecule has 150 valence electrons. The highest BCUT2D eigenvalue weighted by Gasteiger charge is 2.26. The second-order valence-corrected chi connectivity index (χ2v) is 7.79. The molecule has 0 saturated heterocycles. The number of carbonyl (C=O) groups is 1. The first-order valence-corrected chi connectivity index (χ1v) is 9.12. The van der Waals surface area contributed by atoms with Crippen molar-refractivity contribution < 1.29 is 24.1 Å². The van der Waals surface area contributed by atoms with Crippen molar-refractivity contribution in [1.82, 2.24) is 5.32 Å². The Morgan fingerprint density at radius 3 is 2.79 bits per heavy atom. The second-order valence-electron chi connectivity index (χ2n) is 7.79. The molecule has 4 N–H and O–H groups in total. The third kappa shape index (κ3) is 4.61. The number of β-amino-alcohol motifs (C(OH)–C–C–N with tert-alkyl or cyclic N) is 1. The molecule has 1 aliphatic rings. The zero-order valence-corrected chi connectivity index (χ0v) is 16.2. The molecule has 0 spiro atoms. The normalized spacial score (nSPS) is 14.8. The van der Waals surface area contributed by atoms with Gasteiger partial charge in [-0.15, -0.1) is 0 Å². The lowest BCUT2D eigenvalue weighted by Crippen LogP contribution is -2.43. The monoisotopic (exact) mass is 388 g/mol. The summed E-state index contributed by atoms with van der Waals surface area (Å²) in [6, 6.07) is 7.84. The minimum Gasteiger partial charge on any atom is -0.508 e. The number of halogens is 1. The van der Waals surface area contributed by atoms with Gasteiger partial charge >= 0.3 is 0 Å². The first-order chi connectivity index (χ1) is 13.1. The summed E-state index contributed by atoms with van der Waals surface area (Å²) in [5.74, 6) is -0.253. The van der Waals surface area contributed by atoms with Gasteiger partial charge in [-0.25, -0.2) is 4.39 Å². The number of hydrogen-bond donors (Lipinski definition) is 4. The number of aliphatic hydroxyl groups is 1. The number of aromatic hydroxyl groups is 1. The number of hydrogen-bond acceptors (Lipinski definition) is 5. The van der Waals surface area contributed by atoms with Crippen LogP contribution in [0.15, 0.2) is 30.3 Å². The number of nitrogens with one attached hydrogen (secondary N) is 2. The van der Waals surface area contributed by atoms with Crippen LogP contribution in [0.2, 0.25) is 0 Å². The molecule has 0 fully saturated rings. The number of phenols is 1. The summed E-state index contributed by atoms with van der Waals surface area (Å²) in [4.78, 5) is 11.5. The Bertz CT molecular complexity index is 898. The largest absolute Gasteiger partial charge is 0.508 e. The fraction of sp³-hybridized carbons (Fsp3) is 0.381. The molecule has 1 atom stereocenters. The number of ether oxygens (including phenoxy) is 1. The SMILES string of the molecule is Cc1cc(CC(C)(C)NCC(O)c2cc(O)cc3c2OCC(=O)N3)ccc1F. The van der Waals surface area contributed by atoms with E-state index in [0.29, 0.717) is 29.0 Å². The predicted molar refractivity (Wildman–Crippen MR) is 104 cm³/mol. The fourth-order valence-corrected chi connectivity index (χ4v) is 3.33. The summed E-state index contributed by atoms with van der Waals surface area (Å²) >= 11 is 0. The second kappa shape index (κ2) is 7.77. The van der Waals surface area contributed by atoms with Crippen molar-refractivity contribution >= 4 is 11.6 Å². The molecular weight excluding hydrogens is 363 g/mol. The molecule has 1 heterocycles. The number of fused-ring (bicyclic) bond motifs is 1. The van der Waals surface area contributed by atoms with Crippen molar-refractivity contribution in [3.05, 3.63) is 52.8 Å². The summed E-state index contributed by atoms with van der Waals surface area (Å²) in [5, 5.41) is 26.5. The van der Waals surface area contributed by atoms with Crippen LogP contribution < -0.4 is 15.4 Å². The van der Waals surface area contributed by atoms with Gasteiger partial charge < -0.3 is 25.6 Å². The molecular formula is C21H25FN2O4. The Kier molecular flexibility index (Phi) is 5.58. The van der Waals surface area contributed by atoms with E-state index in [9.17, 15) is 19.4 Å². The van der Waals surface area contributed by atoms with E-state index in [-0.39, 0.29) is 36.2 Å². The number of benzene rings is 2. The third-order valence-electron chi connectivity index (χ3n) is 4.73. The van der Waals surface area contributed by atoms with E-state index < -0.39 is 6.10 Å².